The number of aromatic nitrogens is 2. The lowest BCUT2D eigenvalue weighted by Crippen LogP contribution is -2.43. The molecule has 0 spiro atoms. The number of benzene rings is 1. The van der Waals surface area contributed by atoms with Crippen LogP contribution in [0.15, 0.2) is 36.7 Å². The number of halogens is 3. The van der Waals surface area contributed by atoms with Crippen LogP contribution < -0.4 is 10.5 Å². The van der Waals surface area contributed by atoms with Crippen molar-refractivity contribution < 1.29 is 13.5 Å². The third kappa shape index (κ3) is 4.45. The SMILES string of the molecule is Cc1cnn(-c2ccc(OC[C@@H]3CC(F)(F)CC[C@@H]3N)cc2)c1.Cl. The van der Waals surface area contributed by atoms with Gasteiger partial charge in [0, 0.05) is 31.0 Å². The van der Waals surface area contributed by atoms with E-state index in [1.807, 2.05) is 37.4 Å². The van der Waals surface area contributed by atoms with Crippen molar-refractivity contribution in [2.75, 3.05) is 6.61 Å². The largest absolute Gasteiger partial charge is 0.493 e. The van der Waals surface area contributed by atoms with Crippen molar-refractivity contribution in [2.45, 2.75) is 38.2 Å². The van der Waals surface area contributed by atoms with E-state index >= 15 is 0 Å². The zero-order chi connectivity index (χ0) is 16.4. The van der Waals surface area contributed by atoms with Crippen molar-refractivity contribution in [3.05, 3.63) is 42.2 Å². The lowest BCUT2D eigenvalue weighted by Gasteiger charge is -2.33. The molecular weight excluding hydrogens is 336 g/mol. The molecule has 24 heavy (non-hydrogen) atoms. The summed E-state index contributed by atoms with van der Waals surface area (Å²) in [6.07, 6.45) is 3.74. The van der Waals surface area contributed by atoms with Crippen LogP contribution in [0.1, 0.15) is 24.8 Å². The molecule has 132 valence electrons. The summed E-state index contributed by atoms with van der Waals surface area (Å²) in [4.78, 5) is 0. The maximum Gasteiger partial charge on any atom is 0.248 e. The molecule has 1 heterocycles. The molecule has 1 saturated carbocycles. The van der Waals surface area contributed by atoms with Gasteiger partial charge in [0.05, 0.1) is 18.5 Å². The Morgan fingerprint density at radius 3 is 2.67 bits per heavy atom. The second-order valence-corrected chi connectivity index (χ2v) is 6.29. The number of alkyl halides is 2. The van der Waals surface area contributed by atoms with E-state index in [-0.39, 0.29) is 43.8 Å². The van der Waals surface area contributed by atoms with Gasteiger partial charge < -0.3 is 10.5 Å². The van der Waals surface area contributed by atoms with Crippen molar-refractivity contribution in [3.63, 3.8) is 0 Å². The highest BCUT2D eigenvalue weighted by molar-refractivity contribution is 5.85. The second kappa shape index (κ2) is 7.49. The molecule has 1 fully saturated rings. The first kappa shape index (κ1) is 18.7. The number of nitrogens with zero attached hydrogens (tertiary/aromatic N) is 2. The summed E-state index contributed by atoms with van der Waals surface area (Å²) in [6, 6.07) is 7.19. The molecule has 4 nitrogen and oxygen atoms in total. The molecule has 2 atom stereocenters. The maximum absolute atomic E-state index is 13.5. The van der Waals surface area contributed by atoms with Gasteiger partial charge in [-0.15, -0.1) is 12.4 Å². The van der Waals surface area contributed by atoms with E-state index in [9.17, 15) is 8.78 Å². The Labute approximate surface area is 146 Å². The van der Waals surface area contributed by atoms with E-state index < -0.39 is 5.92 Å². The van der Waals surface area contributed by atoms with Crippen molar-refractivity contribution in [2.24, 2.45) is 11.7 Å². The predicted octanol–water partition coefficient (Wildman–Crippen LogP) is 3.74. The average molecular weight is 358 g/mol. The lowest BCUT2D eigenvalue weighted by atomic mass is 9.83. The Morgan fingerprint density at radius 1 is 1.33 bits per heavy atom. The molecule has 1 aliphatic rings. The van der Waals surface area contributed by atoms with Gasteiger partial charge in [-0.3, -0.25) is 0 Å². The summed E-state index contributed by atoms with van der Waals surface area (Å²) in [5.74, 6) is -2.28. The first-order valence-electron chi connectivity index (χ1n) is 7.81. The third-order valence-electron chi connectivity index (χ3n) is 4.29. The number of hydrogen-bond donors (Lipinski definition) is 1. The van der Waals surface area contributed by atoms with Gasteiger partial charge in [0.25, 0.3) is 0 Å². The highest BCUT2D eigenvalue weighted by Gasteiger charge is 2.40. The summed E-state index contributed by atoms with van der Waals surface area (Å²) >= 11 is 0. The third-order valence-corrected chi connectivity index (χ3v) is 4.29. The van der Waals surface area contributed by atoms with Crippen LogP contribution >= 0.6 is 12.4 Å². The van der Waals surface area contributed by atoms with Gasteiger partial charge in [-0.25, -0.2) is 13.5 Å². The van der Waals surface area contributed by atoms with Crippen molar-refractivity contribution in [3.8, 4) is 11.4 Å². The number of ether oxygens (including phenoxy) is 1. The van der Waals surface area contributed by atoms with Gasteiger partial charge in [-0.1, -0.05) is 0 Å². The molecule has 0 amide bonds. The molecule has 0 bridgehead atoms. The van der Waals surface area contributed by atoms with Gasteiger partial charge >= 0.3 is 0 Å². The molecule has 1 aliphatic carbocycles. The van der Waals surface area contributed by atoms with Crippen molar-refractivity contribution in [1.82, 2.24) is 9.78 Å². The Hall–Kier alpha value is -1.66. The standard InChI is InChI=1S/C17H21F2N3O.ClH/c1-12-9-21-22(10-12)14-2-4-15(5-3-14)23-11-13-8-17(18,19)7-6-16(13)20;/h2-5,9-10,13,16H,6-8,11,20H2,1H3;1H/t13-,16-;/m0./s1. The van der Waals surface area contributed by atoms with E-state index in [0.717, 1.165) is 11.3 Å². The lowest BCUT2D eigenvalue weighted by molar-refractivity contribution is -0.0643. The molecule has 0 saturated heterocycles. The molecule has 1 aromatic carbocycles. The Bertz CT molecular complexity index is 660. The molecule has 3 rings (SSSR count). The normalized spacial score (nSPS) is 22.7. The topological polar surface area (TPSA) is 53.1 Å². The van der Waals surface area contributed by atoms with Gasteiger partial charge in [0.15, 0.2) is 0 Å². The van der Waals surface area contributed by atoms with Crippen LogP contribution in [0.4, 0.5) is 8.78 Å². The average Bonchev–Trinajstić information content (AvgIpc) is 2.95. The van der Waals surface area contributed by atoms with Crippen LogP contribution in [-0.4, -0.2) is 28.4 Å². The summed E-state index contributed by atoms with van der Waals surface area (Å²) in [6.45, 7) is 2.20. The van der Waals surface area contributed by atoms with E-state index in [1.54, 1.807) is 10.9 Å². The van der Waals surface area contributed by atoms with E-state index in [1.165, 1.54) is 0 Å². The molecule has 2 aromatic rings. The fraction of sp³-hybridized carbons (Fsp3) is 0.471. The minimum absolute atomic E-state index is 0. The number of hydrogen-bond acceptors (Lipinski definition) is 3. The van der Waals surface area contributed by atoms with Gasteiger partial charge in [-0.2, -0.15) is 5.10 Å². The van der Waals surface area contributed by atoms with Crippen LogP contribution in [0.5, 0.6) is 5.75 Å². The fourth-order valence-electron chi connectivity index (χ4n) is 2.89. The molecule has 7 heteroatoms. The molecular formula is C17H22ClF2N3O. The van der Waals surface area contributed by atoms with Crippen LogP contribution in [0.25, 0.3) is 5.69 Å². The van der Waals surface area contributed by atoms with Gasteiger partial charge in [-0.05, 0) is 43.2 Å². The van der Waals surface area contributed by atoms with Crippen LogP contribution in [0.3, 0.4) is 0 Å². The minimum Gasteiger partial charge on any atom is -0.493 e. The summed E-state index contributed by atoms with van der Waals surface area (Å²) in [5, 5.41) is 4.24. The Balaban J connectivity index is 0.00000208. The highest BCUT2D eigenvalue weighted by atomic mass is 35.5. The molecule has 0 aliphatic heterocycles. The first-order valence-corrected chi connectivity index (χ1v) is 7.81. The second-order valence-electron chi connectivity index (χ2n) is 6.29. The molecule has 0 unspecified atom stereocenters. The summed E-state index contributed by atoms with van der Waals surface area (Å²) < 4.78 is 34.4. The van der Waals surface area contributed by atoms with Crippen molar-refractivity contribution >= 4 is 12.4 Å². The first-order chi connectivity index (χ1) is 10.9. The Morgan fingerprint density at radius 2 is 2.04 bits per heavy atom. The highest BCUT2D eigenvalue weighted by Crippen LogP contribution is 2.36. The smallest absolute Gasteiger partial charge is 0.248 e. The quantitative estimate of drug-likeness (QED) is 0.906. The Kier molecular flexibility index (Phi) is 5.83. The zero-order valence-corrected chi connectivity index (χ0v) is 14.3. The number of rotatable bonds is 4. The van der Waals surface area contributed by atoms with Gasteiger partial charge in [0.2, 0.25) is 5.92 Å². The predicted molar refractivity (Wildman–Crippen MR) is 91.3 cm³/mol. The summed E-state index contributed by atoms with van der Waals surface area (Å²) in [7, 11) is 0. The fourth-order valence-corrected chi connectivity index (χ4v) is 2.89. The molecule has 0 radical (unpaired) electrons. The van der Waals surface area contributed by atoms with Crippen LogP contribution in [0.2, 0.25) is 0 Å². The van der Waals surface area contributed by atoms with E-state index in [4.69, 9.17) is 10.5 Å². The van der Waals surface area contributed by atoms with Crippen LogP contribution in [0, 0.1) is 12.8 Å². The van der Waals surface area contributed by atoms with Crippen molar-refractivity contribution in [1.29, 1.82) is 0 Å². The molecule has 1 aromatic heterocycles. The number of aryl methyl sites for hydroxylation is 1. The summed E-state index contributed by atoms with van der Waals surface area (Å²) in [5.41, 5.74) is 7.95. The zero-order valence-electron chi connectivity index (χ0n) is 13.5. The van der Waals surface area contributed by atoms with E-state index in [2.05, 4.69) is 5.10 Å². The number of nitrogens with two attached hydrogens (primary N) is 1. The van der Waals surface area contributed by atoms with Gasteiger partial charge in [0.1, 0.15) is 5.75 Å². The van der Waals surface area contributed by atoms with E-state index in [0.29, 0.717) is 12.2 Å². The van der Waals surface area contributed by atoms with Crippen LogP contribution in [-0.2, 0) is 0 Å². The minimum atomic E-state index is -2.62. The monoisotopic (exact) mass is 357 g/mol. The maximum atomic E-state index is 13.5. The molecule has 2 N–H and O–H groups in total.